The van der Waals surface area contributed by atoms with Crippen molar-refractivity contribution < 1.29 is 17.9 Å². The topological polar surface area (TPSA) is 9.23 Å². The summed E-state index contributed by atoms with van der Waals surface area (Å²) < 4.78 is 38.5. The largest absolute Gasteiger partial charge is 0.522 e. The lowest BCUT2D eigenvalue weighted by Gasteiger charge is -2.19. The first-order valence-electron chi connectivity index (χ1n) is 3.37. The van der Waals surface area contributed by atoms with Gasteiger partial charge in [-0.3, -0.25) is 4.74 Å². The number of alkyl halides is 3. The molecule has 1 unspecified atom stereocenters. The molecule has 11 heavy (non-hydrogen) atoms. The van der Waals surface area contributed by atoms with Crippen molar-refractivity contribution in [2.45, 2.75) is 31.7 Å². The van der Waals surface area contributed by atoms with Gasteiger partial charge in [-0.2, -0.15) is 0 Å². The van der Waals surface area contributed by atoms with Gasteiger partial charge in [0.2, 0.25) is 0 Å². The van der Waals surface area contributed by atoms with Gasteiger partial charge >= 0.3 is 6.36 Å². The predicted molar refractivity (Wildman–Crippen MR) is 32.6 cm³/mol. The minimum Gasteiger partial charge on any atom is -0.288 e. The lowest BCUT2D eigenvalue weighted by Crippen LogP contribution is -2.24. The molecule has 4 heteroatoms. The summed E-state index contributed by atoms with van der Waals surface area (Å²) in [7, 11) is 0. The van der Waals surface area contributed by atoms with Gasteiger partial charge in [0.15, 0.2) is 0 Å². The van der Waals surface area contributed by atoms with Crippen LogP contribution in [0.5, 0.6) is 0 Å². The Morgan fingerprint density at radius 1 is 1.45 bits per heavy atom. The summed E-state index contributed by atoms with van der Waals surface area (Å²) in [6, 6.07) is 0. The van der Waals surface area contributed by atoms with Crippen LogP contribution in [0.3, 0.4) is 0 Å². The Kier molecular flexibility index (Phi) is 2.54. The van der Waals surface area contributed by atoms with Crippen LogP contribution in [0.2, 0.25) is 0 Å². The lowest BCUT2D eigenvalue weighted by molar-refractivity contribution is -0.343. The monoisotopic (exact) mass is 165 g/mol. The van der Waals surface area contributed by atoms with Crippen LogP contribution < -0.4 is 0 Å². The van der Waals surface area contributed by atoms with E-state index < -0.39 is 12.5 Å². The minimum absolute atomic E-state index is 0.250. The van der Waals surface area contributed by atoms with Crippen molar-refractivity contribution in [3.8, 4) is 0 Å². The van der Waals surface area contributed by atoms with Gasteiger partial charge in [-0.25, -0.2) is 0 Å². The van der Waals surface area contributed by atoms with E-state index in [9.17, 15) is 13.2 Å². The van der Waals surface area contributed by atoms with E-state index in [0.717, 1.165) is 0 Å². The van der Waals surface area contributed by atoms with Crippen LogP contribution >= 0.6 is 0 Å². The van der Waals surface area contributed by atoms with E-state index in [1.54, 1.807) is 6.08 Å². The fraction of sp³-hybridized carbons (Fsp3) is 0.714. The fourth-order valence-corrected chi connectivity index (χ4v) is 0.978. The normalized spacial score (nSPS) is 25.5. The lowest BCUT2D eigenvalue weighted by atomic mass is 10.1. The number of hydrogen-bond acceptors (Lipinski definition) is 1. The van der Waals surface area contributed by atoms with E-state index in [1.807, 2.05) is 0 Å². The van der Waals surface area contributed by atoms with Crippen LogP contribution in [0, 0.1) is 6.08 Å². The van der Waals surface area contributed by atoms with Crippen molar-refractivity contribution >= 4 is 0 Å². The molecule has 1 radical (unpaired) electrons. The first-order chi connectivity index (χ1) is 5.08. The molecule has 1 aliphatic rings. The van der Waals surface area contributed by atoms with E-state index in [0.29, 0.717) is 12.8 Å². The van der Waals surface area contributed by atoms with Gasteiger partial charge < -0.3 is 0 Å². The van der Waals surface area contributed by atoms with Gasteiger partial charge in [0.1, 0.15) is 0 Å². The van der Waals surface area contributed by atoms with Crippen molar-refractivity contribution in [3.63, 3.8) is 0 Å². The molecule has 0 N–H and O–H groups in total. The fourth-order valence-electron chi connectivity index (χ4n) is 0.978. The SMILES string of the molecule is FC(F)(F)OC1C[C]=CCC1. The van der Waals surface area contributed by atoms with Crippen molar-refractivity contribution in [2.75, 3.05) is 0 Å². The molecule has 0 spiro atoms. The summed E-state index contributed by atoms with van der Waals surface area (Å²) >= 11 is 0. The molecular weight excluding hydrogens is 157 g/mol. The number of hydrogen-bond donors (Lipinski definition) is 0. The second kappa shape index (κ2) is 3.26. The van der Waals surface area contributed by atoms with Crippen LogP contribution in [-0.4, -0.2) is 12.5 Å². The zero-order valence-electron chi connectivity index (χ0n) is 5.82. The standard InChI is InChI=1S/C7H8F3O/c8-7(9,10)11-6-4-2-1-3-5-6/h1,6H,2,4-5H2. The molecule has 0 aromatic carbocycles. The molecule has 0 saturated heterocycles. The third-order valence-electron chi connectivity index (χ3n) is 1.42. The molecule has 0 heterocycles. The molecule has 0 aliphatic heterocycles. The molecular formula is C7H8F3O. The molecule has 63 valence electrons. The Hall–Kier alpha value is -0.510. The van der Waals surface area contributed by atoms with Crippen LogP contribution in [0.4, 0.5) is 13.2 Å². The minimum atomic E-state index is -4.50. The summed E-state index contributed by atoms with van der Waals surface area (Å²) in [5.41, 5.74) is 0. The Bertz CT molecular complexity index is 150. The molecule has 0 aromatic heterocycles. The average Bonchev–Trinajstić information content (AvgIpc) is 1.85. The van der Waals surface area contributed by atoms with Crippen molar-refractivity contribution in [1.82, 2.24) is 0 Å². The van der Waals surface area contributed by atoms with E-state index in [1.165, 1.54) is 0 Å². The third-order valence-corrected chi connectivity index (χ3v) is 1.42. The zero-order valence-corrected chi connectivity index (χ0v) is 5.82. The molecule has 1 atom stereocenters. The highest BCUT2D eigenvalue weighted by Gasteiger charge is 2.33. The van der Waals surface area contributed by atoms with Crippen molar-refractivity contribution in [1.29, 1.82) is 0 Å². The first kappa shape index (κ1) is 8.59. The van der Waals surface area contributed by atoms with Crippen LogP contribution in [0.15, 0.2) is 6.08 Å². The molecule has 0 aromatic rings. The second-order valence-corrected chi connectivity index (χ2v) is 2.38. The smallest absolute Gasteiger partial charge is 0.288 e. The van der Waals surface area contributed by atoms with Crippen LogP contribution in [0.1, 0.15) is 19.3 Å². The number of halogens is 3. The van der Waals surface area contributed by atoms with Gasteiger partial charge in [0, 0.05) is 0 Å². The van der Waals surface area contributed by atoms with Gasteiger partial charge in [-0.1, -0.05) is 6.08 Å². The van der Waals surface area contributed by atoms with Gasteiger partial charge in [0.05, 0.1) is 6.10 Å². The van der Waals surface area contributed by atoms with E-state index in [-0.39, 0.29) is 6.42 Å². The maximum Gasteiger partial charge on any atom is 0.522 e. The summed E-state index contributed by atoms with van der Waals surface area (Å²) in [5.74, 6) is 0. The molecule has 0 fully saturated rings. The Morgan fingerprint density at radius 2 is 2.18 bits per heavy atom. The molecule has 0 bridgehead atoms. The maximum absolute atomic E-state index is 11.6. The summed E-state index contributed by atoms with van der Waals surface area (Å²) in [6.07, 6.45) is 0.547. The van der Waals surface area contributed by atoms with Gasteiger partial charge in [0.25, 0.3) is 0 Å². The summed E-state index contributed by atoms with van der Waals surface area (Å²) in [6.45, 7) is 0. The Labute approximate surface area is 62.8 Å². The summed E-state index contributed by atoms with van der Waals surface area (Å²) in [4.78, 5) is 0. The molecule has 1 aliphatic carbocycles. The number of allylic oxidation sites excluding steroid dienone is 1. The van der Waals surface area contributed by atoms with Crippen molar-refractivity contribution in [3.05, 3.63) is 12.2 Å². The molecule has 1 nitrogen and oxygen atoms in total. The highest BCUT2D eigenvalue weighted by molar-refractivity contribution is 4.84. The predicted octanol–water partition coefficient (Wildman–Crippen LogP) is 2.43. The molecule has 0 amide bonds. The second-order valence-electron chi connectivity index (χ2n) is 2.38. The van der Waals surface area contributed by atoms with Crippen LogP contribution in [-0.2, 0) is 4.74 Å². The Balaban J connectivity index is 2.32. The quantitative estimate of drug-likeness (QED) is 0.579. The third kappa shape index (κ3) is 3.41. The van der Waals surface area contributed by atoms with Gasteiger partial charge in [-0.15, -0.1) is 13.2 Å². The number of rotatable bonds is 1. The maximum atomic E-state index is 11.6. The van der Waals surface area contributed by atoms with Gasteiger partial charge in [-0.05, 0) is 25.3 Å². The Morgan fingerprint density at radius 3 is 2.64 bits per heavy atom. The highest BCUT2D eigenvalue weighted by Crippen LogP contribution is 2.24. The van der Waals surface area contributed by atoms with E-state index in [4.69, 9.17) is 0 Å². The first-order valence-corrected chi connectivity index (χ1v) is 3.37. The summed E-state index contributed by atoms with van der Waals surface area (Å²) in [5, 5.41) is 0. The highest BCUT2D eigenvalue weighted by atomic mass is 19.4. The van der Waals surface area contributed by atoms with Crippen LogP contribution in [0.25, 0.3) is 0 Å². The van der Waals surface area contributed by atoms with E-state index in [2.05, 4.69) is 10.8 Å². The molecule has 1 rings (SSSR count). The average molecular weight is 165 g/mol. The van der Waals surface area contributed by atoms with E-state index >= 15 is 0 Å². The number of ether oxygens (including phenoxy) is 1. The molecule has 0 saturated carbocycles. The van der Waals surface area contributed by atoms with Crippen molar-refractivity contribution in [2.24, 2.45) is 0 Å². The zero-order chi connectivity index (χ0) is 8.32.